The summed E-state index contributed by atoms with van der Waals surface area (Å²) in [6.07, 6.45) is 2.04. The zero-order valence-corrected chi connectivity index (χ0v) is 11.7. The lowest BCUT2D eigenvalue weighted by Gasteiger charge is -1.97. The van der Waals surface area contributed by atoms with Gasteiger partial charge >= 0.3 is 0 Å². The highest BCUT2D eigenvalue weighted by Crippen LogP contribution is 2.24. The van der Waals surface area contributed by atoms with Crippen LogP contribution in [0.4, 0.5) is 5.69 Å². The van der Waals surface area contributed by atoms with E-state index in [1.54, 1.807) is 11.8 Å². The van der Waals surface area contributed by atoms with Crippen LogP contribution in [0.1, 0.15) is 0 Å². The fraction of sp³-hybridized carbons (Fsp3) is 0.0667. The Morgan fingerprint density at radius 3 is 2.25 bits per heavy atom. The van der Waals surface area contributed by atoms with Crippen molar-refractivity contribution in [2.24, 2.45) is 0 Å². The van der Waals surface area contributed by atoms with E-state index < -0.39 is 0 Å². The number of nitrogens with two attached hydrogens (primary N) is 1. The van der Waals surface area contributed by atoms with E-state index in [0.717, 1.165) is 11.1 Å². The molecule has 1 aromatic heterocycles. The van der Waals surface area contributed by atoms with Crippen LogP contribution in [-0.4, -0.2) is 16.4 Å². The third-order valence-electron chi connectivity index (χ3n) is 2.93. The second-order valence-electron chi connectivity index (χ2n) is 4.27. The maximum absolute atomic E-state index is 5.66. The van der Waals surface area contributed by atoms with Crippen molar-refractivity contribution < 1.29 is 4.52 Å². The minimum absolute atomic E-state index is 0.518. The summed E-state index contributed by atoms with van der Waals surface area (Å²) in [5.41, 5.74) is 8.17. The van der Waals surface area contributed by atoms with E-state index in [-0.39, 0.29) is 0 Å². The minimum atomic E-state index is 0.518. The van der Waals surface area contributed by atoms with Crippen LogP contribution in [0.15, 0.2) is 57.9 Å². The van der Waals surface area contributed by atoms with Gasteiger partial charge in [-0.1, -0.05) is 5.16 Å². The fourth-order valence-electron chi connectivity index (χ4n) is 1.82. The highest BCUT2D eigenvalue weighted by molar-refractivity contribution is 7.98. The van der Waals surface area contributed by atoms with Gasteiger partial charge in [-0.25, -0.2) is 0 Å². The Bertz CT molecular complexity index is 705. The minimum Gasteiger partial charge on any atom is -0.399 e. The Morgan fingerprint density at radius 1 is 0.950 bits per heavy atom. The molecule has 5 heteroatoms. The topological polar surface area (TPSA) is 64.9 Å². The molecule has 0 fully saturated rings. The molecule has 3 rings (SSSR count). The summed E-state index contributed by atoms with van der Waals surface area (Å²) >= 11 is 1.70. The van der Waals surface area contributed by atoms with Crippen molar-refractivity contribution in [3.8, 4) is 22.8 Å². The van der Waals surface area contributed by atoms with Gasteiger partial charge in [0.1, 0.15) is 0 Å². The first-order chi connectivity index (χ1) is 9.76. The van der Waals surface area contributed by atoms with Crippen LogP contribution < -0.4 is 5.73 Å². The Kier molecular flexibility index (Phi) is 3.43. The lowest BCUT2D eigenvalue weighted by atomic mass is 10.2. The van der Waals surface area contributed by atoms with E-state index in [1.165, 1.54) is 4.90 Å². The predicted octanol–water partition coefficient (Wildman–Crippen LogP) is 3.71. The summed E-state index contributed by atoms with van der Waals surface area (Å²) in [7, 11) is 0. The molecule has 0 unspecified atom stereocenters. The monoisotopic (exact) mass is 283 g/mol. The fourth-order valence-corrected chi connectivity index (χ4v) is 2.23. The molecule has 0 atom stereocenters. The molecule has 0 saturated carbocycles. The SMILES string of the molecule is CSc1ccc(-c2nc(-c3ccc(N)cc3)no2)cc1. The van der Waals surface area contributed by atoms with Crippen molar-refractivity contribution >= 4 is 17.4 Å². The second-order valence-corrected chi connectivity index (χ2v) is 5.15. The summed E-state index contributed by atoms with van der Waals surface area (Å²) in [5.74, 6) is 1.08. The molecule has 100 valence electrons. The van der Waals surface area contributed by atoms with Gasteiger partial charge in [0.05, 0.1) is 0 Å². The molecule has 0 amide bonds. The lowest BCUT2D eigenvalue weighted by Crippen LogP contribution is -1.85. The van der Waals surface area contributed by atoms with E-state index in [4.69, 9.17) is 10.3 Å². The summed E-state index contributed by atoms with van der Waals surface area (Å²) in [6, 6.07) is 15.4. The summed E-state index contributed by atoms with van der Waals surface area (Å²) in [4.78, 5) is 5.61. The molecule has 2 N–H and O–H groups in total. The lowest BCUT2D eigenvalue weighted by molar-refractivity contribution is 0.432. The molecule has 0 spiro atoms. The highest BCUT2D eigenvalue weighted by Gasteiger charge is 2.10. The van der Waals surface area contributed by atoms with Crippen LogP contribution in [-0.2, 0) is 0 Å². The number of hydrogen-bond acceptors (Lipinski definition) is 5. The van der Waals surface area contributed by atoms with Gasteiger partial charge < -0.3 is 10.3 Å². The van der Waals surface area contributed by atoms with Crippen LogP contribution in [0.2, 0.25) is 0 Å². The number of rotatable bonds is 3. The normalized spacial score (nSPS) is 10.7. The molecule has 1 heterocycles. The number of thioether (sulfide) groups is 1. The van der Waals surface area contributed by atoms with Crippen molar-refractivity contribution in [3.63, 3.8) is 0 Å². The van der Waals surface area contributed by atoms with Crippen LogP contribution in [0.3, 0.4) is 0 Å². The van der Waals surface area contributed by atoms with E-state index in [1.807, 2.05) is 54.8 Å². The van der Waals surface area contributed by atoms with Crippen LogP contribution in [0, 0.1) is 0 Å². The van der Waals surface area contributed by atoms with Gasteiger partial charge in [-0.2, -0.15) is 4.98 Å². The van der Waals surface area contributed by atoms with E-state index in [0.29, 0.717) is 17.4 Å². The number of nitrogen functional groups attached to an aromatic ring is 1. The predicted molar refractivity (Wildman–Crippen MR) is 81.4 cm³/mol. The number of nitrogens with zero attached hydrogens (tertiary/aromatic N) is 2. The Balaban J connectivity index is 1.91. The molecule has 0 saturated heterocycles. The third kappa shape index (κ3) is 2.53. The van der Waals surface area contributed by atoms with Crippen LogP contribution in [0.5, 0.6) is 0 Å². The highest BCUT2D eigenvalue weighted by atomic mass is 32.2. The number of anilines is 1. The molecule has 0 radical (unpaired) electrons. The summed E-state index contributed by atoms with van der Waals surface area (Å²) in [6.45, 7) is 0. The van der Waals surface area contributed by atoms with Crippen molar-refractivity contribution in [2.45, 2.75) is 4.90 Å². The zero-order chi connectivity index (χ0) is 13.9. The molecule has 0 aliphatic carbocycles. The summed E-state index contributed by atoms with van der Waals surface area (Å²) in [5, 5.41) is 4.00. The van der Waals surface area contributed by atoms with Gasteiger partial charge in [0.25, 0.3) is 5.89 Å². The zero-order valence-electron chi connectivity index (χ0n) is 10.9. The molecule has 3 aromatic rings. The van der Waals surface area contributed by atoms with E-state index in [9.17, 15) is 0 Å². The first-order valence-electron chi connectivity index (χ1n) is 6.10. The first kappa shape index (κ1) is 12.7. The maximum Gasteiger partial charge on any atom is 0.258 e. The molecule has 4 nitrogen and oxygen atoms in total. The average Bonchev–Trinajstić information content (AvgIpc) is 2.98. The van der Waals surface area contributed by atoms with Crippen molar-refractivity contribution in [2.75, 3.05) is 12.0 Å². The van der Waals surface area contributed by atoms with Gasteiger partial charge in [-0.05, 0) is 54.8 Å². The number of benzene rings is 2. The van der Waals surface area contributed by atoms with Gasteiger partial charge in [0.15, 0.2) is 0 Å². The quantitative estimate of drug-likeness (QED) is 0.586. The van der Waals surface area contributed by atoms with Gasteiger partial charge in [-0.15, -0.1) is 11.8 Å². The average molecular weight is 283 g/mol. The molecular weight excluding hydrogens is 270 g/mol. The maximum atomic E-state index is 5.66. The van der Waals surface area contributed by atoms with Gasteiger partial charge in [0, 0.05) is 21.7 Å². The molecule has 0 aliphatic rings. The summed E-state index contributed by atoms with van der Waals surface area (Å²) < 4.78 is 5.31. The Hall–Kier alpha value is -2.27. The van der Waals surface area contributed by atoms with Crippen molar-refractivity contribution in [1.29, 1.82) is 0 Å². The number of hydrogen-bond donors (Lipinski definition) is 1. The first-order valence-corrected chi connectivity index (χ1v) is 7.33. The van der Waals surface area contributed by atoms with E-state index >= 15 is 0 Å². The van der Waals surface area contributed by atoms with Crippen LogP contribution in [0.25, 0.3) is 22.8 Å². The largest absolute Gasteiger partial charge is 0.399 e. The number of aromatic nitrogens is 2. The third-order valence-corrected chi connectivity index (χ3v) is 3.68. The smallest absolute Gasteiger partial charge is 0.258 e. The van der Waals surface area contributed by atoms with Gasteiger partial charge in [0.2, 0.25) is 5.82 Å². The molecular formula is C15H13N3OS. The molecule has 0 aliphatic heterocycles. The standard InChI is InChI=1S/C15H13N3OS/c1-20-13-8-4-11(5-9-13)15-17-14(18-19-15)10-2-6-12(16)7-3-10/h2-9H,16H2,1H3. The Morgan fingerprint density at radius 2 is 1.60 bits per heavy atom. The second kappa shape index (κ2) is 5.38. The van der Waals surface area contributed by atoms with Crippen molar-refractivity contribution in [3.05, 3.63) is 48.5 Å². The van der Waals surface area contributed by atoms with Crippen LogP contribution >= 0.6 is 11.8 Å². The van der Waals surface area contributed by atoms with E-state index in [2.05, 4.69) is 10.1 Å². The van der Waals surface area contributed by atoms with Crippen molar-refractivity contribution in [1.82, 2.24) is 10.1 Å². The molecule has 0 bridgehead atoms. The molecule has 20 heavy (non-hydrogen) atoms. The molecule has 2 aromatic carbocycles. The van der Waals surface area contributed by atoms with Gasteiger partial charge in [-0.3, -0.25) is 0 Å². The Labute approximate surface area is 121 Å².